The Morgan fingerprint density at radius 1 is 0.913 bits per heavy atom. The van der Waals surface area contributed by atoms with E-state index in [-0.39, 0.29) is 5.56 Å². The molecular weight excluding hydrogens is 300 g/mol. The molecule has 0 heterocycles. The Morgan fingerprint density at radius 2 is 1.57 bits per heavy atom. The van der Waals surface area contributed by atoms with Crippen molar-refractivity contribution in [2.45, 2.75) is 13.8 Å². The monoisotopic (exact) mass is 315 g/mol. The average Bonchev–Trinajstić information content (AvgIpc) is 2.46. The van der Waals surface area contributed by atoms with Gasteiger partial charge in [0.2, 0.25) is 5.91 Å². The van der Waals surface area contributed by atoms with Crippen LogP contribution in [0.2, 0.25) is 0 Å². The van der Waals surface area contributed by atoms with Gasteiger partial charge in [0, 0.05) is 17.3 Å². The van der Waals surface area contributed by atoms with Gasteiger partial charge in [0.1, 0.15) is 0 Å². The first-order chi connectivity index (χ1) is 10.8. The average molecular weight is 315 g/mol. The van der Waals surface area contributed by atoms with Gasteiger partial charge in [-0.15, -0.1) is 0 Å². The number of allylic oxidation sites excluding steroid dienone is 1. The first-order valence-corrected chi connectivity index (χ1v) is 6.92. The summed E-state index contributed by atoms with van der Waals surface area (Å²) in [6.07, 6.45) is 2.08. The fraction of sp³-hybridized carbons (Fsp3) is 0.111. The Bertz CT molecular complexity index is 777. The van der Waals surface area contributed by atoms with E-state index in [0.717, 1.165) is 41.5 Å². The molecule has 0 bridgehead atoms. The van der Waals surface area contributed by atoms with E-state index in [0.29, 0.717) is 5.69 Å². The molecule has 0 atom stereocenters. The van der Waals surface area contributed by atoms with Crippen molar-refractivity contribution < 1.29 is 18.4 Å². The number of nitrogens with one attached hydrogen (secondary N) is 1. The molecule has 5 heteroatoms. The summed E-state index contributed by atoms with van der Waals surface area (Å²) in [5.74, 6) is -3.20. The molecule has 0 saturated heterocycles. The van der Waals surface area contributed by atoms with Gasteiger partial charge in [-0.3, -0.25) is 9.59 Å². The van der Waals surface area contributed by atoms with Crippen LogP contribution in [0.15, 0.2) is 48.6 Å². The highest BCUT2D eigenvalue weighted by atomic mass is 19.2. The van der Waals surface area contributed by atoms with Gasteiger partial charge in [0.25, 0.3) is 0 Å². The minimum atomic E-state index is -1.11. The molecule has 2 aromatic carbocycles. The number of hydrogen-bond donors (Lipinski definition) is 1. The Labute approximate surface area is 132 Å². The third-order valence-electron chi connectivity index (χ3n) is 3.08. The van der Waals surface area contributed by atoms with E-state index in [1.807, 2.05) is 19.9 Å². The molecule has 2 aromatic rings. The van der Waals surface area contributed by atoms with E-state index in [2.05, 4.69) is 5.32 Å². The molecule has 0 fully saturated rings. The standard InChI is InChI=1S/C18H15F2NO2/c1-11-7-12(2)9-14(8-11)21-18(23)6-5-17(22)13-3-4-15(19)16(20)10-13/h3-10H,1-2H3,(H,21,23)/b6-5+. The molecule has 0 unspecified atom stereocenters. The minimum Gasteiger partial charge on any atom is -0.322 e. The van der Waals surface area contributed by atoms with Crippen LogP contribution in [0, 0.1) is 25.5 Å². The lowest BCUT2D eigenvalue weighted by Gasteiger charge is -2.05. The van der Waals surface area contributed by atoms with Crippen LogP contribution in [-0.4, -0.2) is 11.7 Å². The van der Waals surface area contributed by atoms with E-state index in [4.69, 9.17) is 0 Å². The van der Waals surface area contributed by atoms with Gasteiger partial charge in [-0.1, -0.05) is 6.07 Å². The largest absolute Gasteiger partial charge is 0.322 e. The predicted molar refractivity (Wildman–Crippen MR) is 84.4 cm³/mol. The number of ketones is 1. The summed E-state index contributed by atoms with van der Waals surface area (Å²) in [6, 6.07) is 8.40. The lowest BCUT2D eigenvalue weighted by atomic mass is 10.1. The molecule has 0 aromatic heterocycles. The summed E-state index contributed by atoms with van der Waals surface area (Å²) < 4.78 is 25.9. The summed E-state index contributed by atoms with van der Waals surface area (Å²) in [5.41, 5.74) is 2.60. The van der Waals surface area contributed by atoms with Crippen LogP contribution < -0.4 is 5.32 Å². The van der Waals surface area contributed by atoms with E-state index >= 15 is 0 Å². The van der Waals surface area contributed by atoms with Gasteiger partial charge in [-0.25, -0.2) is 8.78 Å². The topological polar surface area (TPSA) is 46.2 Å². The second-order valence-corrected chi connectivity index (χ2v) is 5.19. The Morgan fingerprint density at radius 3 is 2.17 bits per heavy atom. The highest BCUT2D eigenvalue weighted by Gasteiger charge is 2.08. The number of aryl methyl sites for hydroxylation is 2. The van der Waals surface area contributed by atoms with Gasteiger partial charge < -0.3 is 5.32 Å². The van der Waals surface area contributed by atoms with Crippen molar-refractivity contribution >= 4 is 17.4 Å². The van der Waals surface area contributed by atoms with Crippen LogP contribution in [0.1, 0.15) is 21.5 Å². The summed E-state index contributed by atoms with van der Waals surface area (Å²) in [5, 5.41) is 2.64. The van der Waals surface area contributed by atoms with Gasteiger partial charge in [0.05, 0.1) is 0 Å². The quantitative estimate of drug-likeness (QED) is 0.686. The lowest BCUT2D eigenvalue weighted by Crippen LogP contribution is -2.09. The van der Waals surface area contributed by atoms with Crippen LogP contribution in [0.25, 0.3) is 0 Å². The van der Waals surface area contributed by atoms with Crippen LogP contribution in [0.3, 0.4) is 0 Å². The maximum Gasteiger partial charge on any atom is 0.248 e. The van der Waals surface area contributed by atoms with Crippen LogP contribution in [-0.2, 0) is 4.79 Å². The van der Waals surface area contributed by atoms with E-state index in [9.17, 15) is 18.4 Å². The number of halogens is 2. The maximum absolute atomic E-state index is 13.1. The number of amides is 1. The molecule has 1 N–H and O–H groups in total. The number of carbonyl (C=O) groups excluding carboxylic acids is 2. The van der Waals surface area contributed by atoms with E-state index in [1.165, 1.54) is 0 Å². The van der Waals surface area contributed by atoms with E-state index < -0.39 is 23.3 Å². The van der Waals surface area contributed by atoms with Gasteiger partial charge in [-0.2, -0.15) is 0 Å². The van der Waals surface area contributed by atoms with Crippen LogP contribution in [0.5, 0.6) is 0 Å². The molecule has 3 nitrogen and oxygen atoms in total. The zero-order valence-corrected chi connectivity index (χ0v) is 12.7. The van der Waals surface area contributed by atoms with Crippen LogP contribution in [0.4, 0.5) is 14.5 Å². The molecule has 0 radical (unpaired) electrons. The highest BCUT2D eigenvalue weighted by molar-refractivity contribution is 6.09. The van der Waals surface area contributed by atoms with Crippen molar-refractivity contribution in [2.75, 3.05) is 5.32 Å². The summed E-state index contributed by atoms with van der Waals surface area (Å²) in [4.78, 5) is 23.6. The molecule has 23 heavy (non-hydrogen) atoms. The van der Waals surface area contributed by atoms with Crippen molar-refractivity contribution in [1.29, 1.82) is 0 Å². The zero-order chi connectivity index (χ0) is 17.0. The van der Waals surface area contributed by atoms with Gasteiger partial charge in [-0.05, 0) is 61.4 Å². The number of benzene rings is 2. The molecule has 0 aliphatic heterocycles. The third kappa shape index (κ3) is 4.57. The Balaban J connectivity index is 2.05. The minimum absolute atomic E-state index is 0.0284. The lowest BCUT2D eigenvalue weighted by molar-refractivity contribution is -0.111. The maximum atomic E-state index is 13.1. The van der Waals surface area contributed by atoms with Crippen molar-refractivity contribution in [3.8, 4) is 0 Å². The number of rotatable bonds is 4. The van der Waals surface area contributed by atoms with Gasteiger partial charge in [0.15, 0.2) is 17.4 Å². The molecule has 0 aliphatic carbocycles. The molecule has 0 aliphatic rings. The third-order valence-corrected chi connectivity index (χ3v) is 3.08. The van der Waals surface area contributed by atoms with Crippen molar-refractivity contribution in [3.05, 3.63) is 76.9 Å². The highest BCUT2D eigenvalue weighted by Crippen LogP contribution is 2.14. The number of hydrogen-bond acceptors (Lipinski definition) is 2. The summed E-state index contributed by atoms with van der Waals surface area (Å²) in [7, 11) is 0. The zero-order valence-electron chi connectivity index (χ0n) is 12.7. The smallest absolute Gasteiger partial charge is 0.248 e. The van der Waals surface area contributed by atoms with Crippen molar-refractivity contribution in [3.63, 3.8) is 0 Å². The first-order valence-electron chi connectivity index (χ1n) is 6.92. The first kappa shape index (κ1) is 16.5. The summed E-state index contributed by atoms with van der Waals surface area (Å²) in [6.45, 7) is 3.82. The Kier molecular flexibility index (Phi) is 5.01. The van der Waals surface area contributed by atoms with Crippen molar-refractivity contribution in [2.24, 2.45) is 0 Å². The molecule has 0 saturated carbocycles. The fourth-order valence-electron chi connectivity index (χ4n) is 2.13. The van der Waals surface area contributed by atoms with Crippen LogP contribution >= 0.6 is 0 Å². The summed E-state index contributed by atoms with van der Waals surface area (Å²) >= 11 is 0. The fourth-order valence-corrected chi connectivity index (χ4v) is 2.13. The van der Waals surface area contributed by atoms with Crippen molar-refractivity contribution in [1.82, 2.24) is 0 Å². The van der Waals surface area contributed by atoms with E-state index in [1.54, 1.807) is 12.1 Å². The number of carbonyl (C=O) groups is 2. The van der Waals surface area contributed by atoms with Gasteiger partial charge >= 0.3 is 0 Å². The normalized spacial score (nSPS) is 10.8. The molecular formula is C18H15F2NO2. The molecule has 118 valence electrons. The SMILES string of the molecule is Cc1cc(C)cc(NC(=O)/C=C/C(=O)c2ccc(F)c(F)c2)c1. The second-order valence-electron chi connectivity index (χ2n) is 5.19. The number of anilines is 1. The predicted octanol–water partition coefficient (Wildman–Crippen LogP) is 3.96. The molecule has 0 spiro atoms. The Hall–Kier alpha value is -2.82. The molecule has 2 rings (SSSR count). The molecule has 1 amide bonds. The second kappa shape index (κ2) is 6.96.